The maximum atomic E-state index is 11.4. The minimum Gasteiger partial charge on any atom is -0.481 e. The summed E-state index contributed by atoms with van der Waals surface area (Å²) in [5.74, 6) is -1.50. The summed E-state index contributed by atoms with van der Waals surface area (Å²) in [6, 6.07) is 0. The standard InChI is InChI=1S/C25H49NO3/c1-5-6-7-8-9-10-11-12-13-14-15-16-17-18-19-20-21-23(25(28)29)24(27)22-26(2,3)4/h12-13,23-24,27H,5-11,14-22H2,1-4H3/p+1. The van der Waals surface area contributed by atoms with Crippen molar-refractivity contribution in [3.63, 3.8) is 0 Å². The molecule has 4 heteroatoms. The Morgan fingerprint density at radius 3 is 1.69 bits per heavy atom. The Labute approximate surface area is 181 Å². The lowest BCUT2D eigenvalue weighted by atomic mass is 9.94. The van der Waals surface area contributed by atoms with E-state index in [0.29, 0.717) is 17.4 Å². The van der Waals surface area contributed by atoms with Crippen LogP contribution in [-0.2, 0) is 4.79 Å². The SMILES string of the molecule is CCCCCCCCC=CCCCCCCCCC(C(=O)O)C(O)C[N+](C)(C)C. The zero-order valence-corrected chi connectivity index (χ0v) is 19.9. The number of rotatable bonds is 20. The van der Waals surface area contributed by atoms with Crippen LogP contribution in [-0.4, -0.2) is 54.5 Å². The molecule has 0 aromatic carbocycles. The third kappa shape index (κ3) is 18.9. The molecule has 0 rings (SSSR count). The number of aliphatic hydroxyl groups excluding tert-OH is 1. The molecule has 0 aliphatic heterocycles. The number of nitrogens with zero attached hydrogens (tertiary/aromatic N) is 1. The van der Waals surface area contributed by atoms with Gasteiger partial charge in [-0.2, -0.15) is 0 Å². The van der Waals surface area contributed by atoms with Gasteiger partial charge in [0.05, 0.1) is 27.1 Å². The lowest BCUT2D eigenvalue weighted by molar-refractivity contribution is -0.874. The van der Waals surface area contributed by atoms with Crippen LogP contribution in [0.15, 0.2) is 12.2 Å². The fraction of sp³-hybridized carbons (Fsp3) is 0.880. The number of allylic oxidation sites excluding steroid dienone is 2. The van der Waals surface area contributed by atoms with Crippen molar-refractivity contribution >= 4 is 5.97 Å². The second kappa shape index (κ2) is 17.9. The van der Waals surface area contributed by atoms with Crippen LogP contribution in [0.1, 0.15) is 103 Å². The number of aliphatic hydroxyl groups is 1. The molecule has 0 spiro atoms. The van der Waals surface area contributed by atoms with Gasteiger partial charge < -0.3 is 14.7 Å². The molecule has 2 atom stereocenters. The summed E-state index contributed by atoms with van der Waals surface area (Å²) in [5, 5.41) is 19.6. The smallest absolute Gasteiger partial charge is 0.309 e. The van der Waals surface area contributed by atoms with Crippen molar-refractivity contribution in [1.82, 2.24) is 0 Å². The second-order valence-electron chi connectivity index (χ2n) is 9.71. The van der Waals surface area contributed by atoms with Crippen LogP contribution < -0.4 is 0 Å². The first kappa shape index (κ1) is 28.1. The zero-order valence-electron chi connectivity index (χ0n) is 19.9. The predicted molar refractivity (Wildman–Crippen MR) is 124 cm³/mol. The van der Waals surface area contributed by atoms with E-state index < -0.39 is 18.0 Å². The molecule has 2 unspecified atom stereocenters. The third-order valence-electron chi connectivity index (χ3n) is 5.54. The molecule has 0 saturated carbocycles. The van der Waals surface area contributed by atoms with Crippen molar-refractivity contribution in [3.8, 4) is 0 Å². The monoisotopic (exact) mass is 412 g/mol. The zero-order chi connectivity index (χ0) is 22.0. The van der Waals surface area contributed by atoms with Crippen LogP contribution in [0.3, 0.4) is 0 Å². The minimum atomic E-state index is -0.862. The fourth-order valence-electron chi connectivity index (χ4n) is 3.78. The molecule has 29 heavy (non-hydrogen) atoms. The van der Waals surface area contributed by atoms with Gasteiger partial charge in [-0.05, 0) is 32.1 Å². The Bertz CT molecular complexity index is 415. The van der Waals surface area contributed by atoms with Gasteiger partial charge in [0, 0.05) is 0 Å². The Hall–Kier alpha value is -0.870. The summed E-state index contributed by atoms with van der Waals surface area (Å²) >= 11 is 0. The Morgan fingerprint density at radius 2 is 1.24 bits per heavy atom. The topological polar surface area (TPSA) is 57.5 Å². The van der Waals surface area contributed by atoms with Crippen LogP contribution >= 0.6 is 0 Å². The van der Waals surface area contributed by atoms with E-state index in [9.17, 15) is 15.0 Å². The summed E-state index contributed by atoms with van der Waals surface area (Å²) in [4.78, 5) is 11.4. The highest BCUT2D eigenvalue weighted by Gasteiger charge is 2.30. The van der Waals surface area contributed by atoms with Crippen LogP contribution in [0.4, 0.5) is 0 Å². The van der Waals surface area contributed by atoms with E-state index in [0.717, 1.165) is 12.8 Å². The maximum absolute atomic E-state index is 11.4. The van der Waals surface area contributed by atoms with E-state index in [4.69, 9.17) is 0 Å². The Balaban J connectivity index is 3.59. The summed E-state index contributed by atoms with van der Waals surface area (Å²) in [6.45, 7) is 2.74. The Kier molecular flexibility index (Phi) is 17.4. The van der Waals surface area contributed by atoms with Gasteiger partial charge in [0.1, 0.15) is 12.6 Å². The van der Waals surface area contributed by atoms with Crippen LogP contribution in [0.2, 0.25) is 0 Å². The van der Waals surface area contributed by atoms with Crippen molar-refractivity contribution in [2.45, 2.75) is 109 Å². The molecule has 2 N–H and O–H groups in total. The lowest BCUT2D eigenvalue weighted by Gasteiger charge is -2.29. The number of likely N-dealkylation sites (N-methyl/N-ethyl adjacent to an activating group) is 1. The number of hydrogen-bond donors (Lipinski definition) is 2. The number of carboxylic acids is 1. The quantitative estimate of drug-likeness (QED) is 0.143. The molecule has 172 valence electrons. The highest BCUT2D eigenvalue weighted by atomic mass is 16.4. The number of carbonyl (C=O) groups is 1. The highest BCUT2D eigenvalue weighted by Crippen LogP contribution is 2.18. The third-order valence-corrected chi connectivity index (χ3v) is 5.54. The molecule has 0 heterocycles. The maximum Gasteiger partial charge on any atom is 0.309 e. The van der Waals surface area contributed by atoms with E-state index in [1.165, 1.54) is 77.0 Å². The molecule has 0 bridgehead atoms. The van der Waals surface area contributed by atoms with Crippen molar-refractivity contribution in [1.29, 1.82) is 0 Å². The van der Waals surface area contributed by atoms with Gasteiger partial charge in [0.2, 0.25) is 0 Å². The molecule has 4 nitrogen and oxygen atoms in total. The Morgan fingerprint density at radius 1 is 0.793 bits per heavy atom. The number of carboxylic acid groups (broad SMARTS) is 1. The number of hydrogen-bond acceptors (Lipinski definition) is 2. The van der Waals surface area contributed by atoms with Gasteiger partial charge in [-0.1, -0.05) is 83.3 Å². The summed E-state index contributed by atoms with van der Waals surface area (Å²) in [5.41, 5.74) is 0. The molecule has 0 radical (unpaired) electrons. The number of unbranched alkanes of at least 4 members (excludes halogenated alkanes) is 12. The average Bonchev–Trinajstić information content (AvgIpc) is 2.62. The van der Waals surface area contributed by atoms with Crippen molar-refractivity contribution in [3.05, 3.63) is 12.2 Å². The van der Waals surface area contributed by atoms with Gasteiger partial charge in [-0.3, -0.25) is 4.79 Å². The van der Waals surface area contributed by atoms with Gasteiger partial charge in [-0.15, -0.1) is 0 Å². The molecular weight excluding hydrogens is 362 g/mol. The van der Waals surface area contributed by atoms with Gasteiger partial charge in [-0.25, -0.2) is 0 Å². The van der Waals surface area contributed by atoms with E-state index in [1.807, 2.05) is 21.1 Å². The van der Waals surface area contributed by atoms with Crippen molar-refractivity contribution in [2.75, 3.05) is 27.7 Å². The average molecular weight is 413 g/mol. The first-order valence-corrected chi connectivity index (χ1v) is 12.1. The van der Waals surface area contributed by atoms with Crippen molar-refractivity contribution < 1.29 is 19.5 Å². The van der Waals surface area contributed by atoms with Crippen LogP contribution in [0, 0.1) is 5.92 Å². The molecule has 0 aromatic rings. The molecule has 0 aromatic heterocycles. The van der Waals surface area contributed by atoms with E-state index in [-0.39, 0.29) is 0 Å². The predicted octanol–water partition coefficient (Wildman–Crippen LogP) is 6.18. The first-order chi connectivity index (χ1) is 13.8. The van der Waals surface area contributed by atoms with Crippen LogP contribution in [0.25, 0.3) is 0 Å². The second-order valence-corrected chi connectivity index (χ2v) is 9.71. The van der Waals surface area contributed by atoms with E-state index >= 15 is 0 Å². The fourth-order valence-corrected chi connectivity index (χ4v) is 3.78. The number of aliphatic carboxylic acids is 1. The lowest BCUT2D eigenvalue weighted by Crippen LogP contribution is -2.45. The van der Waals surface area contributed by atoms with E-state index in [1.54, 1.807) is 0 Å². The largest absolute Gasteiger partial charge is 0.481 e. The van der Waals surface area contributed by atoms with E-state index in [2.05, 4.69) is 19.1 Å². The molecule has 0 aliphatic carbocycles. The molecule has 0 amide bonds. The minimum absolute atomic E-state index is 0.476. The first-order valence-electron chi connectivity index (χ1n) is 12.1. The summed E-state index contributed by atoms with van der Waals surface area (Å²) in [6.07, 6.45) is 22.0. The van der Waals surface area contributed by atoms with Crippen molar-refractivity contribution in [2.24, 2.45) is 5.92 Å². The molecule has 0 fully saturated rings. The molecule has 0 saturated heterocycles. The van der Waals surface area contributed by atoms with Gasteiger partial charge in [0.15, 0.2) is 0 Å². The molecular formula is C25H50NO3+. The van der Waals surface area contributed by atoms with Gasteiger partial charge in [0.25, 0.3) is 0 Å². The van der Waals surface area contributed by atoms with Gasteiger partial charge >= 0.3 is 5.97 Å². The van der Waals surface area contributed by atoms with Crippen LogP contribution in [0.5, 0.6) is 0 Å². The summed E-state index contributed by atoms with van der Waals surface area (Å²) < 4.78 is 0.582. The molecule has 0 aliphatic rings. The normalized spacial score (nSPS) is 14.4. The highest BCUT2D eigenvalue weighted by molar-refractivity contribution is 5.70. The summed E-state index contributed by atoms with van der Waals surface area (Å²) in [7, 11) is 5.93. The number of quaternary nitrogens is 1.